The van der Waals surface area contributed by atoms with Gasteiger partial charge in [-0.25, -0.2) is 4.79 Å². The number of ether oxygens (including phenoxy) is 1. The van der Waals surface area contributed by atoms with Gasteiger partial charge in [0.2, 0.25) is 0 Å². The second kappa shape index (κ2) is 6.26. The van der Waals surface area contributed by atoms with E-state index in [0.717, 1.165) is 26.0 Å². The number of carboxylic acids is 1. The molecule has 104 valence electrons. The van der Waals surface area contributed by atoms with Crippen molar-refractivity contribution in [2.45, 2.75) is 20.5 Å². The Kier molecular flexibility index (Phi) is 4.65. The molecule has 0 aliphatic carbocycles. The third-order valence-corrected chi connectivity index (χ3v) is 4.45. The number of hydrogen-bond donors (Lipinski definition) is 1. The molecule has 2 aromatic rings. The first kappa shape index (κ1) is 14.8. The molecule has 0 unspecified atom stereocenters. The number of aromatic carboxylic acids is 1. The van der Waals surface area contributed by atoms with Gasteiger partial charge in [0, 0.05) is 0 Å². The Balaban J connectivity index is 2.28. The Bertz CT molecular complexity index is 636. The van der Waals surface area contributed by atoms with Gasteiger partial charge in [-0.1, -0.05) is 30.3 Å². The number of halogens is 1. The molecular formula is C16H15IO3. The lowest BCUT2D eigenvalue weighted by molar-refractivity contribution is 0.0695. The minimum absolute atomic E-state index is 0.362. The largest absolute Gasteiger partial charge is 0.488 e. The Hall–Kier alpha value is -1.56. The third kappa shape index (κ3) is 3.12. The molecule has 0 saturated heterocycles. The summed E-state index contributed by atoms with van der Waals surface area (Å²) in [6.45, 7) is 4.08. The molecule has 0 spiro atoms. The Labute approximate surface area is 131 Å². The molecule has 20 heavy (non-hydrogen) atoms. The zero-order valence-corrected chi connectivity index (χ0v) is 13.5. The summed E-state index contributed by atoms with van der Waals surface area (Å²) >= 11 is 2.13. The lowest BCUT2D eigenvalue weighted by Crippen LogP contribution is -2.07. The standard InChI is InChI=1S/C16H15IO3/c1-10-8-13(15(17)11(2)14(10)16(18)19)20-9-12-6-4-3-5-7-12/h3-8H,9H2,1-2H3,(H,18,19). The van der Waals surface area contributed by atoms with Crippen molar-refractivity contribution in [3.63, 3.8) is 0 Å². The summed E-state index contributed by atoms with van der Waals surface area (Å²) in [4.78, 5) is 11.2. The first-order valence-corrected chi connectivity index (χ1v) is 7.28. The fourth-order valence-electron chi connectivity index (χ4n) is 2.09. The highest BCUT2D eigenvalue weighted by molar-refractivity contribution is 14.1. The smallest absolute Gasteiger partial charge is 0.336 e. The number of benzene rings is 2. The molecule has 0 aliphatic heterocycles. The molecule has 0 radical (unpaired) electrons. The van der Waals surface area contributed by atoms with Crippen molar-refractivity contribution in [2.24, 2.45) is 0 Å². The van der Waals surface area contributed by atoms with Crippen molar-refractivity contribution in [1.29, 1.82) is 0 Å². The summed E-state index contributed by atoms with van der Waals surface area (Å²) in [5, 5.41) is 9.23. The SMILES string of the molecule is Cc1cc(OCc2ccccc2)c(I)c(C)c1C(=O)O. The Morgan fingerprint density at radius 1 is 1.25 bits per heavy atom. The van der Waals surface area contributed by atoms with E-state index in [4.69, 9.17) is 4.74 Å². The van der Waals surface area contributed by atoms with Crippen LogP contribution in [-0.4, -0.2) is 11.1 Å². The molecule has 0 bridgehead atoms. The topological polar surface area (TPSA) is 46.5 Å². The summed E-state index contributed by atoms with van der Waals surface area (Å²) in [5.41, 5.74) is 2.92. The van der Waals surface area contributed by atoms with E-state index in [-0.39, 0.29) is 0 Å². The average Bonchev–Trinajstić information content (AvgIpc) is 2.42. The number of carboxylic acid groups (broad SMARTS) is 1. The van der Waals surface area contributed by atoms with Crippen LogP contribution in [0.15, 0.2) is 36.4 Å². The van der Waals surface area contributed by atoms with Gasteiger partial charge < -0.3 is 9.84 Å². The molecule has 3 nitrogen and oxygen atoms in total. The lowest BCUT2D eigenvalue weighted by Gasteiger charge is -2.14. The van der Waals surface area contributed by atoms with Gasteiger partial charge in [0.15, 0.2) is 0 Å². The summed E-state index contributed by atoms with van der Waals surface area (Å²) in [6.07, 6.45) is 0. The molecule has 0 aliphatic rings. The highest BCUT2D eigenvalue weighted by Gasteiger charge is 2.17. The molecule has 1 N–H and O–H groups in total. The van der Waals surface area contributed by atoms with Gasteiger partial charge in [-0.2, -0.15) is 0 Å². The van der Waals surface area contributed by atoms with E-state index in [1.165, 1.54) is 0 Å². The first-order valence-electron chi connectivity index (χ1n) is 6.20. The Morgan fingerprint density at radius 2 is 1.90 bits per heavy atom. The number of carbonyl (C=O) groups is 1. The van der Waals surface area contributed by atoms with Crippen LogP contribution >= 0.6 is 22.6 Å². The van der Waals surface area contributed by atoms with E-state index in [2.05, 4.69) is 22.6 Å². The molecule has 0 aromatic heterocycles. The second-order valence-corrected chi connectivity index (χ2v) is 5.66. The molecule has 0 heterocycles. The van der Waals surface area contributed by atoms with Crippen molar-refractivity contribution >= 4 is 28.6 Å². The van der Waals surface area contributed by atoms with Gasteiger partial charge in [0.05, 0.1) is 9.13 Å². The minimum atomic E-state index is -0.896. The normalized spacial score (nSPS) is 10.3. The summed E-state index contributed by atoms with van der Waals surface area (Å²) in [6, 6.07) is 11.7. The third-order valence-electron chi connectivity index (χ3n) is 3.11. The zero-order chi connectivity index (χ0) is 14.7. The number of hydrogen-bond acceptors (Lipinski definition) is 2. The monoisotopic (exact) mass is 382 g/mol. The molecule has 2 rings (SSSR count). The van der Waals surface area contributed by atoms with E-state index < -0.39 is 5.97 Å². The summed E-state index contributed by atoms with van der Waals surface area (Å²) in [7, 11) is 0. The van der Waals surface area contributed by atoms with Crippen LogP contribution in [0.1, 0.15) is 27.0 Å². The van der Waals surface area contributed by atoms with Gasteiger partial charge in [-0.15, -0.1) is 0 Å². The van der Waals surface area contributed by atoms with Crippen LogP contribution in [0.3, 0.4) is 0 Å². The van der Waals surface area contributed by atoms with Gasteiger partial charge in [-0.05, 0) is 59.2 Å². The maximum absolute atomic E-state index is 11.2. The van der Waals surface area contributed by atoms with Crippen molar-refractivity contribution in [3.8, 4) is 5.75 Å². The molecule has 0 amide bonds. The quantitative estimate of drug-likeness (QED) is 0.807. The minimum Gasteiger partial charge on any atom is -0.488 e. The predicted octanol–water partition coefficient (Wildman–Crippen LogP) is 4.19. The summed E-state index contributed by atoms with van der Waals surface area (Å²) in [5.74, 6) is -0.165. The van der Waals surface area contributed by atoms with E-state index in [9.17, 15) is 9.90 Å². The first-order chi connectivity index (χ1) is 9.50. The fourth-order valence-corrected chi connectivity index (χ4v) is 2.67. The zero-order valence-electron chi connectivity index (χ0n) is 11.3. The second-order valence-electron chi connectivity index (χ2n) is 4.59. The maximum Gasteiger partial charge on any atom is 0.336 e. The van der Waals surface area contributed by atoms with Gasteiger partial charge >= 0.3 is 5.97 Å². The van der Waals surface area contributed by atoms with Crippen LogP contribution in [0.25, 0.3) is 0 Å². The van der Waals surface area contributed by atoms with Gasteiger partial charge in [0.25, 0.3) is 0 Å². The van der Waals surface area contributed by atoms with Crippen LogP contribution in [0.2, 0.25) is 0 Å². The molecular weight excluding hydrogens is 367 g/mol. The molecule has 0 fully saturated rings. The van der Waals surface area contributed by atoms with Crippen LogP contribution in [-0.2, 0) is 6.61 Å². The van der Waals surface area contributed by atoms with Crippen molar-refractivity contribution in [2.75, 3.05) is 0 Å². The van der Waals surface area contributed by atoms with E-state index in [1.807, 2.05) is 37.3 Å². The van der Waals surface area contributed by atoms with E-state index >= 15 is 0 Å². The molecule has 4 heteroatoms. The van der Waals surface area contributed by atoms with Crippen molar-refractivity contribution < 1.29 is 14.6 Å². The van der Waals surface area contributed by atoms with Gasteiger partial charge in [0.1, 0.15) is 12.4 Å². The number of aryl methyl sites for hydroxylation is 1. The lowest BCUT2D eigenvalue weighted by atomic mass is 10.0. The summed E-state index contributed by atoms with van der Waals surface area (Å²) < 4.78 is 6.67. The molecule has 2 aromatic carbocycles. The highest BCUT2D eigenvalue weighted by Crippen LogP contribution is 2.30. The van der Waals surface area contributed by atoms with Crippen LogP contribution in [0, 0.1) is 17.4 Å². The predicted molar refractivity (Wildman–Crippen MR) is 86.4 cm³/mol. The highest BCUT2D eigenvalue weighted by atomic mass is 127. The molecule has 0 saturated carbocycles. The maximum atomic E-state index is 11.2. The van der Waals surface area contributed by atoms with E-state index in [0.29, 0.717) is 12.2 Å². The number of rotatable bonds is 4. The molecule has 0 atom stereocenters. The van der Waals surface area contributed by atoms with E-state index in [1.54, 1.807) is 13.0 Å². The van der Waals surface area contributed by atoms with Crippen LogP contribution < -0.4 is 4.74 Å². The fraction of sp³-hybridized carbons (Fsp3) is 0.188. The Morgan fingerprint density at radius 3 is 2.50 bits per heavy atom. The van der Waals surface area contributed by atoms with Crippen LogP contribution in [0.5, 0.6) is 5.75 Å². The average molecular weight is 382 g/mol. The van der Waals surface area contributed by atoms with Crippen LogP contribution in [0.4, 0.5) is 0 Å². The van der Waals surface area contributed by atoms with Crippen molar-refractivity contribution in [3.05, 3.63) is 62.2 Å². The van der Waals surface area contributed by atoms with Gasteiger partial charge in [-0.3, -0.25) is 0 Å². The van der Waals surface area contributed by atoms with Crippen molar-refractivity contribution in [1.82, 2.24) is 0 Å².